The van der Waals surface area contributed by atoms with E-state index in [2.05, 4.69) is 128 Å². The van der Waals surface area contributed by atoms with E-state index in [1.54, 1.807) is 0 Å². The zero-order valence-electron chi connectivity index (χ0n) is 21.4. The zero-order valence-corrected chi connectivity index (χ0v) is 21.4. The average Bonchev–Trinajstić information content (AvgIpc) is 3.31. The summed E-state index contributed by atoms with van der Waals surface area (Å²) in [7, 11) is 0. The lowest BCUT2D eigenvalue weighted by molar-refractivity contribution is -0.704. The molecule has 182 valence electrons. The highest BCUT2D eigenvalue weighted by molar-refractivity contribution is 5.42. The topological polar surface area (TPSA) is 30.1 Å². The van der Waals surface area contributed by atoms with Crippen LogP contribution in [-0.4, -0.2) is 11.1 Å². The summed E-state index contributed by atoms with van der Waals surface area (Å²) in [6.45, 7) is 12.0. The van der Waals surface area contributed by atoms with Gasteiger partial charge in [0.1, 0.15) is 31.6 Å². The lowest BCUT2D eigenvalue weighted by Gasteiger charge is -2.22. The van der Waals surface area contributed by atoms with Gasteiger partial charge in [-0.05, 0) is 59.7 Å². The predicted octanol–water partition coefficient (Wildman–Crippen LogP) is 6.59. The fraction of sp³-hybridized carbons (Fsp3) is 0.323. The van der Waals surface area contributed by atoms with Crippen LogP contribution in [0.2, 0.25) is 0 Å². The van der Waals surface area contributed by atoms with Crippen LogP contribution in [0.1, 0.15) is 53.7 Å². The Morgan fingerprint density at radius 2 is 1.63 bits per heavy atom. The number of hydrogen-bond acceptors (Lipinski definition) is 2. The van der Waals surface area contributed by atoms with Crippen molar-refractivity contribution in [1.82, 2.24) is 4.57 Å². The van der Waals surface area contributed by atoms with E-state index in [1.807, 2.05) is 6.07 Å². The van der Waals surface area contributed by atoms with Crippen molar-refractivity contribution >= 4 is 5.69 Å². The van der Waals surface area contributed by atoms with Gasteiger partial charge in [0.05, 0.1) is 13.2 Å². The van der Waals surface area contributed by atoms with Gasteiger partial charge in [-0.2, -0.15) is 0 Å². The Balaban J connectivity index is 1.47. The molecule has 0 saturated heterocycles. The highest BCUT2D eigenvalue weighted by Gasteiger charge is 2.21. The summed E-state index contributed by atoms with van der Waals surface area (Å²) in [6, 6.07) is 25.7. The van der Waals surface area contributed by atoms with Crippen LogP contribution in [-0.2, 0) is 24.4 Å². The summed E-state index contributed by atoms with van der Waals surface area (Å²) in [5.74, 6) is 0.442. The Labute approximate surface area is 210 Å². The highest BCUT2D eigenvalue weighted by atomic mass is 16.5. The van der Waals surface area contributed by atoms with Crippen LogP contribution in [0.25, 0.3) is 0 Å². The monoisotopic (exact) mass is 468 g/mol. The Bertz CT molecular complexity index is 1210. The summed E-state index contributed by atoms with van der Waals surface area (Å²) in [5, 5.41) is 3.48. The number of ether oxygens (including phenoxy) is 1. The first kappa shape index (κ1) is 24.7. The third-order valence-corrected chi connectivity index (χ3v) is 6.58. The summed E-state index contributed by atoms with van der Waals surface area (Å²) in [4.78, 5) is 0. The van der Waals surface area contributed by atoms with Crippen LogP contribution in [0.3, 0.4) is 0 Å². The van der Waals surface area contributed by atoms with Crippen molar-refractivity contribution in [3.8, 4) is 0 Å². The van der Waals surface area contributed by atoms with Crippen molar-refractivity contribution in [1.29, 1.82) is 0 Å². The minimum Gasteiger partial charge on any atom is -0.381 e. The molecule has 4 nitrogen and oxygen atoms in total. The fourth-order valence-corrected chi connectivity index (χ4v) is 4.42. The van der Waals surface area contributed by atoms with Crippen molar-refractivity contribution in [2.75, 3.05) is 11.9 Å². The van der Waals surface area contributed by atoms with Crippen molar-refractivity contribution in [3.63, 3.8) is 0 Å². The molecule has 35 heavy (non-hydrogen) atoms. The Hall–Kier alpha value is -3.37. The normalized spacial score (nSPS) is 12.1. The second-order valence-corrected chi connectivity index (χ2v) is 9.64. The molecule has 0 radical (unpaired) electrons. The molecule has 1 atom stereocenters. The van der Waals surface area contributed by atoms with E-state index in [0.717, 1.165) is 25.3 Å². The number of hydrogen-bond donors (Lipinski definition) is 1. The quantitative estimate of drug-likeness (QED) is 0.252. The predicted molar refractivity (Wildman–Crippen MR) is 144 cm³/mol. The fourth-order valence-electron chi connectivity index (χ4n) is 4.42. The van der Waals surface area contributed by atoms with Crippen LogP contribution < -0.4 is 9.88 Å². The van der Waals surface area contributed by atoms with Crippen LogP contribution in [0.4, 0.5) is 5.69 Å². The van der Waals surface area contributed by atoms with E-state index in [9.17, 15) is 0 Å². The van der Waals surface area contributed by atoms with E-state index in [4.69, 9.17) is 4.74 Å². The molecule has 0 spiro atoms. The largest absolute Gasteiger partial charge is 0.381 e. The van der Waals surface area contributed by atoms with Crippen molar-refractivity contribution in [2.45, 2.75) is 59.4 Å². The van der Waals surface area contributed by atoms with Gasteiger partial charge in [-0.15, -0.1) is 0 Å². The number of nitrogens with zero attached hydrogens (tertiary/aromatic N) is 2. The SMILES string of the molecule is Cc1ccc(COC(C[n+]2ccn(CCNc3ccccc3)c2)c2ccccc2C(C)C)cc1C. The molecule has 1 heterocycles. The minimum absolute atomic E-state index is 0.0292. The molecule has 1 unspecified atom stereocenters. The van der Waals surface area contributed by atoms with Crippen molar-refractivity contribution < 1.29 is 9.30 Å². The first-order valence-corrected chi connectivity index (χ1v) is 12.6. The highest BCUT2D eigenvalue weighted by Crippen LogP contribution is 2.28. The van der Waals surface area contributed by atoms with Gasteiger partial charge in [0, 0.05) is 5.69 Å². The lowest BCUT2D eigenvalue weighted by Crippen LogP contribution is -2.36. The summed E-state index contributed by atoms with van der Waals surface area (Å²) < 4.78 is 11.1. The molecule has 4 aromatic rings. The molecule has 0 bridgehead atoms. The van der Waals surface area contributed by atoms with Gasteiger partial charge in [0.15, 0.2) is 0 Å². The number of nitrogens with one attached hydrogen (secondary N) is 1. The Morgan fingerprint density at radius 1 is 0.886 bits per heavy atom. The standard InChI is InChI=1S/C31H38N3O/c1-24(2)29-12-8-9-13-30(29)31(35-22-27-15-14-25(3)26(4)20-27)21-34-19-18-33(23-34)17-16-32-28-10-6-5-7-11-28/h5-15,18-20,23-24,31-32H,16-17,21-22H2,1-4H3/q+1. The van der Waals surface area contributed by atoms with Crippen LogP contribution >= 0.6 is 0 Å². The van der Waals surface area contributed by atoms with E-state index in [1.165, 1.54) is 27.8 Å². The maximum absolute atomic E-state index is 6.61. The third-order valence-electron chi connectivity index (χ3n) is 6.58. The molecule has 0 aliphatic heterocycles. The number of rotatable bonds is 11. The summed E-state index contributed by atoms with van der Waals surface area (Å²) in [5.41, 5.74) is 7.62. The maximum Gasteiger partial charge on any atom is 0.243 e. The summed E-state index contributed by atoms with van der Waals surface area (Å²) >= 11 is 0. The molecule has 0 saturated carbocycles. The molecule has 1 aromatic heterocycles. The van der Waals surface area contributed by atoms with Crippen molar-refractivity contribution in [2.24, 2.45) is 0 Å². The lowest BCUT2D eigenvalue weighted by atomic mass is 9.94. The molecular weight excluding hydrogens is 430 g/mol. The number of aromatic nitrogens is 2. The Morgan fingerprint density at radius 3 is 2.37 bits per heavy atom. The zero-order chi connectivity index (χ0) is 24.6. The second kappa shape index (κ2) is 11.9. The van der Waals surface area contributed by atoms with Gasteiger partial charge in [-0.3, -0.25) is 0 Å². The first-order valence-electron chi connectivity index (χ1n) is 12.6. The smallest absolute Gasteiger partial charge is 0.243 e. The van der Waals surface area contributed by atoms with Gasteiger partial charge in [0.2, 0.25) is 6.33 Å². The van der Waals surface area contributed by atoms with E-state index >= 15 is 0 Å². The van der Waals surface area contributed by atoms with E-state index in [-0.39, 0.29) is 6.10 Å². The molecule has 0 amide bonds. The first-order chi connectivity index (χ1) is 17.0. The van der Waals surface area contributed by atoms with Crippen LogP contribution in [0.15, 0.2) is 91.5 Å². The molecular formula is C31H38N3O+. The van der Waals surface area contributed by atoms with Crippen LogP contribution in [0.5, 0.6) is 0 Å². The second-order valence-electron chi connectivity index (χ2n) is 9.64. The number of imidazole rings is 1. The van der Waals surface area contributed by atoms with Gasteiger partial charge < -0.3 is 10.1 Å². The minimum atomic E-state index is -0.0292. The number of para-hydroxylation sites is 1. The molecule has 4 heteroatoms. The molecule has 0 aliphatic carbocycles. The summed E-state index contributed by atoms with van der Waals surface area (Å²) in [6.07, 6.45) is 6.43. The molecule has 1 N–H and O–H groups in total. The maximum atomic E-state index is 6.61. The number of aryl methyl sites for hydroxylation is 2. The van der Waals surface area contributed by atoms with Gasteiger partial charge in [-0.1, -0.05) is 74.5 Å². The number of anilines is 1. The van der Waals surface area contributed by atoms with E-state index in [0.29, 0.717) is 12.5 Å². The number of benzene rings is 3. The molecule has 3 aromatic carbocycles. The van der Waals surface area contributed by atoms with Crippen molar-refractivity contribution in [3.05, 3.63) is 119 Å². The van der Waals surface area contributed by atoms with E-state index < -0.39 is 0 Å². The molecule has 0 fully saturated rings. The van der Waals surface area contributed by atoms with Crippen LogP contribution in [0, 0.1) is 13.8 Å². The Kier molecular flexibility index (Phi) is 8.38. The van der Waals surface area contributed by atoms with Gasteiger partial charge >= 0.3 is 0 Å². The van der Waals surface area contributed by atoms with Gasteiger partial charge in [0.25, 0.3) is 0 Å². The molecule has 4 rings (SSSR count). The third kappa shape index (κ3) is 6.83. The average molecular weight is 469 g/mol. The van der Waals surface area contributed by atoms with Gasteiger partial charge in [-0.25, -0.2) is 9.13 Å². The molecule has 0 aliphatic rings.